The van der Waals surface area contributed by atoms with E-state index in [1.165, 1.54) is 6.07 Å². The summed E-state index contributed by atoms with van der Waals surface area (Å²) >= 11 is 0. The van der Waals surface area contributed by atoms with Gasteiger partial charge in [-0.1, -0.05) is 35.5 Å². The molecule has 0 amide bonds. The molecule has 2 aromatic rings. The first-order valence-corrected chi connectivity index (χ1v) is 6.12. The minimum Gasteiger partial charge on any atom is -0.409 e. The molecule has 0 saturated heterocycles. The Morgan fingerprint density at radius 3 is 2.48 bits per heavy atom. The Morgan fingerprint density at radius 1 is 1.14 bits per heavy atom. The molecule has 6 nitrogen and oxygen atoms in total. The second kappa shape index (κ2) is 6.33. The average molecular weight is 282 g/mol. The largest absolute Gasteiger partial charge is 0.409 e. The number of aliphatic imine (C=N–C) groups is 1. The number of nitrogen functional groups attached to an aromatic ring is 1. The van der Waals surface area contributed by atoms with Crippen LogP contribution in [0.4, 0.5) is 5.69 Å². The maximum atomic E-state index is 10.8. The molecule has 0 atom stereocenters. The third-order valence-corrected chi connectivity index (χ3v) is 2.84. The van der Waals surface area contributed by atoms with Crippen LogP contribution in [0.2, 0.25) is 0 Å². The molecule has 0 radical (unpaired) electrons. The van der Waals surface area contributed by atoms with Gasteiger partial charge in [0, 0.05) is 22.4 Å². The smallest absolute Gasteiger partial charge is 0.200 e. The molecule has 0 aliphatic carbocycles. The molecule has 0 aromatic heterocycles. The van der Waals surface area contributed by atoms with Crippen molar-refractivity contribution < 1.29 is 10.0 Å². The third-order valence-electron chi connectivity index (χ3n) is 2.84. The van der Waals surface area contributed by atoms with Crippen molar-refractivity contribution in [3.63, 3.8) is 0 Å². The molecule has 5 N–H and O–H groups in total. The van der Waals surface area contributed by atoms with Gasteiger partial charge < -0.3 is 16.7 Å². The second-order valence-electron chi connectivity index (χ2n) is 4.25. The Morgan fingerprint density at radius 2 is 1.86 bits per heavy atom. The molecular weight excluding hydrogens is 268 g/mol. The Balaban J connectivity index is 2.43. The van der Waals surface area contributed by atoms with E-state index in [1.54, 1.807) is 36.4 Å². The van der Waals surface area contributed by atoms with E-state index in [0.717, 1.165) is 0 Å². The van der Waals surface area contributed by atoms with E-state index in [9.17, 15) is 4.79 Å². The number of carbonyl (C=O) groups is 1. The summed E-state index contributed by atoms with van der Waals surface area (Å²) < 4.78 is 0. The van der Waals surface area contributed by atoms with Gasteiger partial charge in [0.25, 0.3) is 0 Å². The Kier molecular flexibility index (Phi) is 4.30. The Labute approximate surface area is 121 Å². The molecule has 0 spiro atoms. The molecule has 2 aromatic carbocycles. The minimum atomic E-state index is 0.0593. The summed E-state index contributed by atoms with van der Waals surface area (Å²) in [5.74, 6) is 0.122. The van der Waals surface area contributed by atoms with Crippen LogP contribution in [0.15, 0.2) is 58.7 Å². The van der Waals surface area contributed by atoms with Gasteiger partial charge in [0.15, 0.2) is 5.84 Å². The van der Waals surface area contributed by atoms with Crippen LogP contribution in [-0.2, 0) is 0 Å². The number of oxime groups is 1. The lowest BCUT2D eigenvalue weighted by molar-refractivity contribution is 0.112. The fourth-order valence-corrected chi connectivity index (χ4v) is 1.78. The molecule has 2 rings (SSSR count). The fourth-order valence-electron chi connectivity index (χ4n) is 1.78. The summed E-state index contributed by atoms with van der Waals surface area (Å²) in [6.07, 6.45) is 0.689. The van der Waals surface area contributed by atoms with Crippen molar-refractivity contribution in [1.82, 2.24) is 0 Å². The lowest BCUT2D eigenvalue weighted by Crippen LogP contribution is -2.18. The maximum absolute atomic E-state index is 10.8. The van der Waals surface area contributed by atoms with Crippen LogP contribution >= 0.6 is 0 Å². The zero-order valence-corrected chi connectivity index (χ0v) is 11.1. The predicted molar refractivity (Wildman–Crippen MR) is 81.7 cm³/mol. The standard InChI is InChI=1S/C15H14N4O2/c16-13-7-6-10(9-20)8-12(13)14(17)18-15(19-21)11-4-2-1-3-5-11/h1-9,21H,16H2,(H2,17,18,19). The molecule has 0 fully saturated rings. The molecule has 21 heavy (non-hydrogen) atoms. The van der Waals surface area contributed by atoms with Crippen LogP contribution in [0, 0.1) is 0 Å². The molecule has 0 unspecified atom stereocenters. The Bertz CT molecular complexity index is 709. The summed E-state index contributed by atoms with van der Waals surface area (Å²) in [6, 6.07) is 13.5. The SMILES string of the molecule is NC(=N/C(=N/O)c1ccccc1)c1cc(C=O)ccc1N. The van der Waals surface area contributed by atoms with E-state index in [2.05, 4.69) is 10.1 Å². The number of benzene rings is 2. The van der Waals surface area contributed by atoms with Crippen molar-refractivity contribution in [3.8, 4) is 0 Å². The van der Waals surface area contributed by atoms with Crippen LogP contribution in [0.25, 0.3) is 0 Å². The van der Waals surface area contributed by atoms with Gasteiger partial charge in [0.2, 0.25) is 0 Å². The third kappa shape index (κ3) is 3.24. The van der Waals surface area contributed by atoms with E-state index < -0.39 is 0 Å². The van der Waals surface area contributed by atoms with Gasteiger partial charge in [-0.05, 0) is 18.2 Å². The summed E-state index contributed by atoms with van der Waals surface area (Å²) in [6.45, 7) is 0. The average Bonchev–Trinajstić information content (AvgIpc) is 2.53. The van der Waals surface area contributed by atoms with Gasteiger partial charge in [-0.2, -0.15) is 0 Å². The van der Waals surface area contributed by atoms with Crippen molar-refractivity contribution in [2.75, 3.05) is 5.73 Å². The molecule has 0 heterocycles. The van der Waals surface area contributed by atoms with Gasteiger partial charge in [0.1, 0.15) is 12.1 Å². The highest BCUT2D eigenvalue weighted by atomic mass is 16.4. The number of anilines is 1. The van der Waals surface area contributed by atoms with Gasteiger partial charge in [0.05, 0.1) is 0 Å². The van der Waals surface area contributed by atoms with E-state index in [4.69, 9.17) is 16.7 Å². The van der Waals surface area contributed by atoms with E-state index >= 15 is 0 Å². The summed E-state index contributed by atoms with van der Waals surface area (Å²) in [4.78, 5) is 14.9. The van der Waals surface area contributed by atoms with E-state index in [1.807, 2.05) is 6.07 Å². The normalized spacial score (nSPS) is 12.2. The van der Waals surface area contributed by atoms with Crippen LogP contribution in [0.5, 0.6) is 0 Å². The lowest BCUT2D eigenvalue weighted by Gasteiger charge is -2.06. The first-order valence-electron chi connectivity index (χ1n) is 6.12. The molecule has 0 aliphatic rings. The fraction of sp³-hybridized carbons (Fsp3) is 0. The van der Waals surface area contributed by atoms with Crippen molar-refractivity contribution in [2.45, 2.75) is 0 Å². The number of nitrogens with zero attached hydrogens (tertiary/aromatic N) is 2. The van der Waals surface area contributed by atoms with Gasteiger partial charge in [-0.3, -0.25) is 4.79 Å². The molecule has 0 aliphatic heterocycles. The Hall–Kier alpha value is -3.15. The lowest BCUT2D eigenvalue weighted by atomic mass is 10.1. The minimum absolute atomic E-state index is 0.0593. The van der Waals surface area contributed by atoms with Crippen molar-refractivity contribution in [2.24, 2.45) is 15.9 Å². The predicted octanol–water partition coefficient (Wildman–Crippen LogP) is 1.62. The zero-order chi connectivity index (χ0) is 15.2. The number of amidine groups is 2. The number of hydrogen-bond donors (Lipinski definition) is 3. The van der Waals surface area contributed by atoms with Gasteiger partial charge in [-0.15, -0.1) is 0 Å². The number of rotatable bonds is 3. The number of hydrogen-bond acceptors (Lipinski definition) is 4. The van der Waals surface area contributed by atoms with Gasteiger partial charge >= 0.3 is 0 Å². The van der Waals surface area contributed by atoms with Crippen LogP contribution in [0.1, 0.15) is 21.5 Å². The van der Waals surface area contributed by atoms with Crippen LogP contribution < -0.4 is 11.5 Å². The quantitative estimate of drug-likeness (QED) is 0.198. The van der Waals surface area contributed by atoms with Crippen molar-refractivity contribution >= 4 is 23.6 Å². The highest BCUT2D eigenvalue weighted by molar-refractivity contribution is 6.12. The molecule has 0 saturated carbocycles. The highest BCUT2D eigenvalue weighted by Gasteiger charge is 2.08. The molecule has 0 bridgehead atoms. The first-order chi connectivity index (χ1) is 10.2. The maximum Gasteiger partial charge on any atom is 0.200 e. The van der Waals surface area contributed by atoms with Crippen molar-refractivity contribution in [3.05, 3.63) is 65.2 Å². The second-order valence-corrected chi connectivity index (χ2v) is 4.25. The molecule has 106 valence electrons. The van der Waals surface area contributed by atoms with E-state index in [-0.39, 0.29) is 11.7 Å². The van der Waals surface area contributed by atoms with Crippen LogP contribution in [-0.4, -0.2) is 23.2 Å². The topological polar surface area (TPSA) is 114 Å². The number of aldehydes is 1. The first kappa shape index (κ1) is 14.3. The summed E-state index contributed by atoms with van der Waals surface area (Å²) in [5.41, 5.74) is 13.5. The summed E-state index contributed by atoms with van der Waals surface area (Å²) in [7, 11) is 0. The zero-order valence-electron chi connectivity index (χ0n) is 11.1. The number of nitrogens with two attached hydrogens (primary N) is 2. The monoisotopic (exact) mass is 282 g/mol. The molecular formula is C15H14N4O2. The molecule has 6 heteroatoms. The number of carbonyl (C=O) groups excluding carboxylic acids is 1. The highest BCUT2D eigenvalue weighted by Crippen LogP contribution is 2.14. The van der Waals surface area contributed by atoms with Gasteiger partial charge in [-0.25, -0.2) is 4.99 Å². The van der Waals surface area contributed by atoms with Crippen LogP contribution in [0.3, 0.4) is 0 Å². The van der Waals surface area contributed by atoms with Crippen molar-refractivity contribution in [1.29, 1.82) is 0 Å². The summed E-state index contributed by atoms with van der Waals surface area (Å²) in [5, 5.41) is 12.2. The van der Waals surface area contributed by atoms with E-state index in [0.29, 0.717) is 28.7 Å².